The van der Waals surface area contributed by atoms with E-state index in [1.54, 1.807) is 35.8 Å². The molecule has 1 N–H and O–H groups in total. The van der Waals surface area contributed by atoms with Gasteiger partial charge in [-0.1, -0.05) is 6.07 Å². The summed E-state index contributed by atoms with van der Waals surface area (Å²) in [6, 6.07) is 9.01. The Bertz CT molecular complexity index is 1430. The van der Waals surface area contributed by atoms with Crippen LogP contribution in [0.5, 0.6) is 0 Å². The fourth-order valence-electron chi connectivity index (χ4n) is 4.15. The van der Waals surface area contributed by atoms with E-state index in [1.165, 1.54) is 0 Å². The fourth-order valence-corrected chi connectivity index (χ4v) is 4.15. The van der Waals surface area contributed by atoms with Gasteiger partial charge in [0, 0.05) is 42.8 Å². The number of imidazole rings is 1. The number of nitrogens with one attached hydrogen (secondary N) is 1. The summed E-state index contributed by atoms with van der Waals surface area (Å²) in [5.74, 6) is -0.154. The van der Waals surface area contributed by atoms with Crippen molar-refractivity contribution in [1.82, 2.24) is 39.7 Å². The lowest BCUT2D eigenvalue weighted by Crippen LogP contribution is -2.41. The minimum absolute atomic E-state index is 0.0688. The Morgan fingerprint density at radius 3 is 2.94 bits per heavy atom. The summed E-state index contributed by atoms with van der Waals surface area (Å²) in [5, 5.41) is 12.8. The van der Waals surface area contributed by atoms with E-state index < -0.39 is 6.04 Å². The van der Waals surface area contributed by atoms with Gasteiger partial charge in [-0.15, -0.1) is 10.2 Å². The third-order valence-corrected chi connectivity index (χ3v) is 5.73. The lowest BCUT2D eigenvalue weighted by atomic mass is 9.99. The van der Waals surface area contributed by atoms with Crippen LogP contribution >= 0.6 is 0 Å². The van der Waals surface area contributed by atoms with Gasteiger partial charge < -0.3 is 14.3 Å². The number of hydrogen-bond donors (Lipinski definition) is 1. The summed E-state index contributed by atoms with van der Waals surface area (Å²) in [4.78, 5) is 26.9. The van der Waals surface area contributed by atoms with Gasteiger partial charge in [-0.05, 0) is 36.8 Å². The van der Waals surface area contributed by atoms with E-state index in [0.717, 1.165) is 28.2 Å². The van der Waals surface area contributed by atoms with Gasteiger partial charge >= 0.3 is 11.8 Å². The van der Waals surface area contributed by atoms with Crippen molar-refractivity contribution in [2.24, 2.45) is 0 Å². The summed E-state index contributed by atoms with van der Waals surface area (Å²) in [6.45, 7) is 2.50. The van der Waals surface area contributed by atoms with Crippen LogP contribution in [0, 0.1) is 6.92 Å². The van der Waals surface area contributed by atoms with Crippen molar-refractivity contribution < 1.29 is 9.21 Å². The molecule has 0 bridgehead atoms. The molecule has 1 amide bonds. The van der Waals surface area contributed by atoms with Gasteiger partial charge in [-0.25, -0.2) is 9.50 Å². The van der Waals surface area contributed by atoms with Crippen molar-refractivity contribution in [3.05, 3.63) is 83.8 Å². The van der Waals surface area contributed by atoms with Gasteiger partial charge in [0.05, 0.1) is 23.2 Å². The maximum atomic E-state index is 13.5. The minimum atomic E-state index is -0.465. The Kier molecular flexibility index (Phi) is 4.10. The van der Waals surface area contributed by atoms with Crippen LogP contribution in [0.2, 0.25) is 0 Å². The van der Waals surface area contributed by atoms with Crippen LogP contribution in [0.3, 0.4) is 0 Å². The van der Waals surface area contributed by atoms with Gasteiger partial charge in [0.1, 0.15) is 6.04 Å². The minimum Gasteiger partial charge on any atom is -0.412 e. The molecule has 10 heteroatoms. The number of amides is 1. The first kappa shape index (κ1) is 18.4. The van der Waals surface area contributed by atoms with Gasteiger partial charge in [0.2, 0.25) is 5.89 Å². The summed E-state index contributed by atoms with van der Waals surface area (Å²) in [7, 11) is 0. The predicted molar refractivity (Wildman–Crippen MR) is 113 cm³/mol. The molecule has 0 spiro atoms. The average molecular weight is 426 g/mol. The number of carbonyl (C=O) groups excluding carboxylic acids is 1. The molecule has 32 heavy (non-hydrogen) atoms. The summed E-state index contributed by atoms with van der Waals surface area (Å²) < 4.78 is 7.54. The number of pyridine rings is 2. The van der Waals surface area contributed by atoms with Crippen LogP contribution in [0.15, 0.2) is 59.7 Å². The molecule has 6 rings (SSSR count). The van der Waals surface area contributed by atoms with E-state index in [2.05, 4.69) is 25.1 Å². The monoisotopic (exact) mass is 426 g/mol. The number of rotatable bonds is 3. The normalized spacial score (nSPS) is 15.8. The van der Waals surface area contributed by atoms with Crippen LogP contribution in [0.25, 0.3) is 17.0 Å². The molecule has 0 aliphatic carbocycles. The van der Waals surface area contributed by atoms with E-state index in [0.29, 0.717) is 18.5 Å². The molecule has 1 aliphatic rings. The first-order valence-electron chi connectivity index (χ1n) is 10.2. The molecule has 0 saturated heterocycles. The van der Waals surface area contributed by atoms with Crippen LogP contribution in [-0.4, -0.2) is 52.1 Å². The van der Waals surface area contributed by atoms with Crippen LogP contribution in [-0.2, 0) is 6.42 Å². The lowest BCUT2D eigenvalue weighted by Gasteiger charge is -2.32. The Hall–Kier alpha value is -4.34. The first-order chi connectivity index (χ1) is 15.7. The SMILES string of the molecule is Cc1cccn2nc([C@H]3c4nc[nH]c4CCN3C(=O)c3nnc(-c4ccncc4)o3)cc12. The highest BCUT2D eigenvalue weighted by atomic mass is 16.4. The number of fused-ring (bicyclic) bond motifs is 2. The molecule has 0 saturated carbocycles. The molecular formula is C22H18N8O2. The largest absolute Gasteiger partial charge is 0.412 e. The van der Waals surface area contributed by atoms with Crippen molar-refractivity contribution in [1.29, 1.82) is 0 Å². The first-order valence-corrected chi connectivity index (χ1v) is 10.2. The number of nitrogens with zero attached hydrogens (tertiary/aromatic N) is 7. The van der Waals surface area contributed by atoms with E-state index in [-0.39, 0.29) is 17.7 Å². The van der Waals surface area contributed by atoms with E-state index in [1.807, 2.05) is 35.8 Å². The number of aromatic amines is 1. The maximum absolute atomic E-state index is 13.5. The number of carbonyl (C=O) groups is 1. The number of aromatic nitrogens is 7. The molecule has 0 aromatic carbocycles. The topological polar surface area (TPSA) is 118 Å². The van der Waals surface area contributed by atoms with Crippen molar-refractivity contribution in [2.75, 3.05) is 6.54 Å². The molecule has 5 aromatic rings. The van der Waals surface area contributed by atoms with Crippen LogP contribution in [0.1, 0.15) is 39.4 Å². The van der Waals surface area contributed by atoms with Gasteiger partial charge in [-0.3, -0.25) is 9.78 Å². The second-order valence-electron chi connectivity index (χ2n) is 7.66. The molecule has 10 nitrogen and oxygen atoms in total. The second kappa shape index (κ2) is 7.12. The molecule has 5 aromatic heterocycles. The number of H-pyrrole nitrogens is 1. The highest BCUT2D eigenvalue weighted by Gasteiger charge is 2.38. The fraction of sp³-hybridized carbons (Fsp3) is 0.182. The van der Waals surface area contributed by atoms with Crippen molar-refractivity contribution >= 4 is 11.4 Å². The quantitative estimate of drug-likeness (QED) is 0.471. The van der Waals surface area contributed by atoms with Crippen LogP contribution in [0.4, 0.5) is 0 Å². The smallest absolute Gasteiger partial charge is 0.312 e. The molecule has 1 aliphatic heterocycles. The number of aryl methyl sites for hydroxylation is 1. The summed E-state index contributed by atoms with van der Waals surface area (Å²) in [5.41, 5.74) is 5.29. The Morgan fingerprint density at radius 1 is 1.22 bits per heavy atom. The maximum Gasteiger partial charge on any atom is 0.312 e. The van der Waals surface area contributed by atoms with Crippen molar-refractivity contribution in [3.8, 4) is 11.5 Å². The molecule has 158 valence electrons. The Morgan fingerprint density at radius 2 is 2.09 bits per heavy atom. The molecule has 0 unspecified atom stereocenters. The van der Waals surface area contributed by atoms with Crippen LogP contribution < -0.4 is 0 Å². The molecule has 1 atom stereocenters. The zero-order valence-corrected chi connectivity index (χ0v) is 17.1. The zero-order chi connectivity index (χ0) is 21.7. The van der Waals surface area contributed by atoms with Gasteiger partial charge in [-0.2, -0.15) is 5.10 Å². The van der Waals surface area contributed by atoms with Crippen molar-refractivity contribution in [3.63, 3.8) is 0 Å². The van der Waals surface area contributed by atoms with Gasteiger partial charge in [0.25, 0.3) is 0 Å². The van der Waals surface area contributed by atoms with E-state index >= 15 is 0 Å². The standard InChI is InChI=1S/C22H18N8O2/c1-13-3-2-9-30-17(13)11-16(28-30)19-18-15(24-12-25-18)6-10-29(19)22(31)21-27-26-20(32-21)14-4-7-23-8-5-14/h2-5,7-9,11-12,19H,6,10H2,1H3,(H,24,25)/t19-/m0/s1. The zero-order valence-electron chi connectivity index (χ0n) is 17.1. The number of hydrogen-bond acceptors (Lipinski definition) is 7. The van der Waals surface area contributed by atoms with Crippen molar-refractivity contribution in [2.45, 2.75) is 19.4 Å². The third kappa shape index (κ3) is 2.88. The highest BCUT2D eigenvalue weighted by Crippen LogP contribution is 2.34. The molecule has 0 fully saturated rings. The Balaban J connectivity index is 1.41. The van der Waals surface area contributed by atoms with E-state index in [9.17, 15) is 4.79 Å². The van der Waals surface area contributed by atoms with E-state index in [4.69, 9.17) is 9.52 Å². The Labute approximate surface area is 181 Å². The summed E-state index contributed by atoms with van der Waals surface area (Å²) in [6.07, 6.45) is 7.46. The molecule has 6 heterocycles. The molecule has 0 radical (unpaired) electrons. The second-order valence-corrected chi connectivity index (χ2v) is 7.66. The summed E-state index contributed by atoms with van der Waals surface area (Å²) >= 11 is 0. The molecular weight excluding hydrogens is 408 g/mol. The third-order valence-electron chi connectivity index (χ3n) is 5.73. The highest BCUT2D eigenvalue weighted by molar-refractivity contribution is 5.90. The van der Waals surface area contributed by atoms with Gasteiger partial charge in [0.15, 0.2) is 0 Å². The predicted octanol–water partition coefficient (Wildman–Crippen LogP) is 2.60. The average Bonchev–Trinajstić information content (AvgIpc) is 3.58. The lowest BCUT2D eigenvalue weighted by molar-refractivity contribution is 0.0646.